The van der Waals surface area contributed by atoms with E-state index in [4.69, 9.17) is 18.9 Å². The number of aliphatic hydroxyl groups is 1. The lowest BCUT2D eigenvalue weighted by Gasteiger charge is -2.33. The molecule has 42 heavy (non-hydrogen) atoms. The highest BCUT2D eigenvalue weighted by molar-refractivity contribution is 7.89. The van der Waals surface area contributed by atoms with Crippen LogP contribution in [0.1, 0.15) is 75.2 Å². The number of ether oxygens (including phenoxy) is 4. The number of hydrogen-bond acceptors (Lipinski definition) is 8. The zero-order chi connectivity index (χ0) is 29.8. The molecule has 0 radical (unpaired) electrons. The Kier molecular flexibility index (Phi) is 12.6. The number of benzene rings is 2. The van der Waals surface area contributed by atoms with Crippen LogP contribution in [0.25, 0.3) is 0 Å². The van der Waals surface area contributed by atoms with Gasteiger partial charge in [0.05, 0.1) is 30.8 Å². The molecule has 0 aliphatic carbocycles. The van der Waals surface area contributed by atoms with Crippen molar-refractivity contribution in [3.05, 3.63) is 59.2 Å². The Bertz CT molecular complexity index is 1220. The number of aliphatic hydroxyl groups excluding tert-OH is 1. The van der Waals surface area contributed by atoms with Crippen LogP contribution in [0.5, 0.6) is 5.75 Å². The van der Waals surface area contributed by atoms with Crippen molar-refractivity contribution >= 4 is 10.0 Å². The fourth-order valence-electron chi connectivity index (χ4n) is 5.16. The first-order chi connectivity index (χ1) is 20.2. The van der Waals surface area contributed by atoms with E-state index in [-0.39, 0.29) is 0 Å². The molecule has 2 N–H and O–H groups in total. The molecule has 0 bridgehead atoms. The van der Waals surface area contributed by atoms with E-state index in [1.807, 2.05) is 44.2 Å². The van der Waals surface area contributed by atoms with Gasteiger partial charge in [0, 0.05) is 52.3 Å². The highest BCUT2D eigenvalue weighted by Crippen LogP contribution is 2.32. The molecule has 0 saturated carbocycles. The minimum absolute atomic E-state index is 0.370. The van der Waals surface area contributed by atoms with E-state index < -0.39 is 21.9 Å². The van der Waals surface area contributed by atoms with E-state index in [1.54, 1.807) is 12.1 Å². The monoisotopic (exact) mass is 604 g/mol. The molecule has 1 saturated heterocycles. The van der Waals surface area contributed by atoms with Gasteiger partial charge in [0.2, 0.25) is 15.8 Å². The predicted octanol–water partition coefficient (Wildman–Crippen LogP) is 4.58. The second-order valence-electron chi connectivity index (χ2n) is 11.5. The van der Waals surface area contributed by atoms with Crippen molar-refractivity contribution in [1.82, 2.24) is 9.62 Å². The zero-order valence-electron chi connectivity index (χ0n) is 25.2. The third kappa shape index (κ3) is 10.0. The molecule has 1 atom stereocenters. The van der Waals surface area contributed by atoms with Gasteiger partial charge in [0.15, 0.2) is 0 Å². The Labute approximate surface area is 251 Å². The van der Waals surface area contributed by atoms with Crippen molar-refractivity contribution in [2.24, 2.45) is 0 Å². The fraction of sp³-hybridized carbons (Fsp3) is 0.625. The van der Waals surface area contributed by atoms with Crippen LogP contribution in [0, 0.1) is 0 Å². The average Bonchev–Trinajstić information content (AvgIpc) is 2.99. The summed E-state index contributed by atoms with van der Waals surface area (Å²) in [5.74, 6) is 0.202. The van der Waals surface area contributed by atoms with E-state index in [1.165, 1.54) is 4.31 Å². The summed E-state index contributed by atoms with van der Waals surface area (Å²) in [4.78, 5) is 0.370. The number of rotatable bonds is 17. The Hall–Kier alpha value is -2.05. The molecule has 0 spiro atoms. The smallest absolute Gasteiger partial charge is 0.243 e. The Morgan fingerprint density at radius 1 is 1.00 bits per heavy atom. The Morgan fingerprint density at radius 3 is 2.57 bits per heavy atom. The number of aryl methyl sites for hydroxylation is 1. The molecule has 0 amide bonds. The van der Waals surface area contributed by atoms with Crippen LogP contribution in [0.3, 0.4) is 0 Å². The standard InChI is InChI=1S/C32H48N2O7S/c1-32(2)40-25-28-23-27(13-14-31(28)41-32)30(35)24-33-15-6-3-4-7-18-38-19-8-5-10-26-11-9-12-29(22-26)42(36,37)34-16-20-39-21-17-34/h9,11-14,22-23,30,33,35H,3-8,10,15-21,24-25H2,1-2H3. The molecule has 1 fully saturated rings. The Morgan fingerprint density at radius 2 is 1.76 bits per heavy atom. The summed E-state index contributed by atoms with van der Waals surface area (Å²) in [5.41, 5.74) is 2.88. The van der Waals surface area contributed by atoms with Crippen LogP contribution < -0.4 is 10.1 Å². The van der Waals surface area contributed by atoms with Crippen LogP contribution in [0.2, 0.25) is 0 Å². The molecular weight excluding hydrogens is 556 g/mol. The van der Waals surface area contributed by atoms with Gasteiger partial charge in [-0.2, -0.15) is 4.31 Å². The van der Waals surface area contributed by atoms with Crippen LogP contribution >= 0.6 is 0 Å². The normalized spacial score (nSPS) is 17.9. The highest BCUT2D eigenvalue weighted by Gasteiger charge is 2.28. The van der Waals surface area contributed by atoms with Crippen LogP contribution in [0.15, 0.2) is 47.4 Å². The van der Waals surface area contributed by atoms with Gasteiger partial charge < -0.3 is 29.4 Å². The summed E-state index contributed by atoms with van der Waals surface area (Å²) >= 11 is 0. The van der Waals surface area contributed by atoms with Crippen LogP contribution in [-0.2, 0) is 37.3 Å². The largest absolute Gasteiger partial charge is 0.463 e. The third-order valence-electron chi connectivity index (χ3n) is 7.64. The molecule has 1 unspecified atom stereocenters. The van der Waals surface area contributed by atoms with Gasteiger partial charge in [0.1, 0.15) is 5.75 Å². The number of morpholine rings is 1. The van der Waals surface area contributed by atoms with Crippen molar-refractivity contribution in [2.75, 3.05) is 52.6 Å². The summed E-state index contributed by atoms with van der Waals surface area (Å²) in [5, 5.41) is 13.9. The Balaban J connectivity index is 0.991. The van der Waals surface area contributed by atoms with Crippen molar-refractivity contribution in [2.45, 2.75) is 82.2 Å². The second-order valence-corrected chi connectivity index (χ2v) is 13.5. The van der Waals surface area contributed by atoms with Gasteiger partial charge in [-0.25, -0.2) is 8.42 Å². The van der Waals surface area contributed by atoms with Crippen molar-refractivity contribution < 1.29 is 32.5 Å². The summed E-state index contributed by atoms with van der Waals surface area (Å²) in [6, 6.07) is 13.1. The number of fused-ring (bicyclic) bond motifs is 1. The second kappa shape index (κ2) is 16.1. The van der Waals surface area contributed by atoms with Crippen molar-refractivity contribution in [3.63, 3.8) is 0 Å². The lowest BCUT2D eigenvalue weighted by molar-refractivity contribution is -0.180. The molecule has 2 aromatic carbocycles. The maximum Gasteiger partial charge on any atom is 0.243 e. The molecule has 9 nitrogen and oxygen atoms in total. The third-order valence-corrected chi connectivity index (χ3v) is 9.54. The molecule has 234 valence electrons. The molecule has 2 aliphatic rings. The van der Waals surface area contributed by atoms with Gasteiger partial charge in [0.25, 0.3) is 0 Å². The molecular formula is C32H48N2O7S. The van der Waals surface area contributed by atoms with Gasteiger partial charge in [-0.15, -0.1) is 0 Å². The number of nitrogens with one attached hydrogen (secondary N) is 1. The number of unbranched alkanes of at least 4 members (excludes halogenated alkanes) is 4. The lowest BCUT2D eigenvalue weighted by Crippen LogP contribution is -2.40. The molecule has 10 heteroatoms. The molecule has 2 aromatic rings. The first kappa shape index (κ1) is 32.9. The van der Waals surface area contributed by atoms with Crippen LogP contribution in [0.4, 0.5) is 0 Å². The maximum absolute atomic E-state index is 12.9. The summed E-state index contributed by atoms with van der Waals surface area (Å²) in [6.07, 6.45) is 6.54. The number of nitrogens with zero attached hydrogens (tertiary/aromatic N) is 1. The summed E-state index contributed by atoms with van der Waals surface area (Å²) in [7, 11) is -3.46. The quantitative estimate of drug-likeness (QED) is 0.253. The van der Waals surface area contributed by atoms with E-state index in [0.29, 0.717) is 44.4 Å². The predicted molar refractivity (Wildman–Crippen MR) is 162 cm³/mol. The average molecular weight is 605 g/mol. The molecule has 2 aliphatic heterocycles. The minimum atomic E-state index is -3.46. The maximum atomic E-state index is 12.9. The van der Waals surface area contributed by atoms with E-state index in [9.17, 15) is 13.5 Å². The molecule has 2 heterocycles. The first-order valence-corrected chi connectivity index (χ1v) is 16.8. The van der Waals surface area contributed by atoms with E-state index in [0.717, 1.165) is 87.1 Å². The van der Waals surface area contributed by atoms with Crippen molar-refractivity contribution in [3.8, 4) is 5.75 Å². The van der Waals surface area contributed by atoms with E-state index >= 15 is 0 Å². The molecule has 4 rings (SSSR count). The fourth-order valence-corrected chi connectivity index (χ4v) is 6.64. The highest BCUT2D eigenvalue weighted by atomic mass is 32.2. The number of hydrogen-bond donors (Lipinski definition) is 2. The first-order valence-electron chi connectivity index (χ1n) is 15.3. The van der Waals surface area contributed by atoms with Crippen LogP contribution in [-0.4, -0.2) is 76.2 Å². The van der Waals surface area contributed by atoms with E-state index in [2.05, 4.69) is 5.32 Å². The van der Waals surface area contributed by atoms with Gasteiger partial charge >= 0.3 is 0 Å². The van der Waals surface area contributed by atoms with Gasteiger partial charge in [-0.1, -0.05) is 31.0 Å². The van der Waals surface area contributed by atoms with Gasteiger partial charge in [-0.05, 0) is 74.0 Å². The minimum Gasteiger partial charge on any atom is -0.463 e. The molecule has 0 aromatic heterocycles. The summed E-state index contributed by atoms with van der Waals surface area (Å²) < 4.78 is 49.9. The van der Waals surface area contributed by atoms with Crippen molar-refractivity contribution in [1.29, 1.82) is 0 Å². The van der Waals surface area contributed by atoms with Gasteiger partial charge in [-0.3, -0.25) is 0 Å². The topological polar surface area (TPSA) is 107 Å². The zero-order valence-corrected chi connectivity index (χ0v) is 26.0. The summed E-state index contributed by atoms with van der Waals surface area (Å²) in [6.45, 7) is 8.88. The lowest BCUT2D eigenvalue weighted by atomic mass is 10.0. The SMILES string of the molecule is CC1(C)OCc2cc(C(O)CNCCCCCCOCCCCc3cccc(S(=O)(=O)N4CCOCC4)c3)ccc2O1. The number of sulfonamides is 1.